The maximum absolute atomic E-state index is 14.3. The van der Waals surface area contributed by atoms with Crippen LogP contribution in [-0.4, -0.2) is 52.4 Å². The molecular weight excluding hydrogens is 484 g/mol. The fourth-order valence-electron chi connectivity index (χ4n) is 3.94. The minimum absolute atomic E-state index is 0.0270. The van der Waals surface area contributed by atoms with Crippen LogP contribution >= 0.6 is 0 Å². The van der Waals surface area contributed by atoms with Gasteiger partial charge in [-0.3, -0.25) is 14.4 Å². The van der Waals surface area contributed by atoms with Crippen molar-refractivity contribution in [3.8, 4) is 0 Å². The smallest absolute Gasteiger partial charge is 0.408 e. The summed E-state index contributed by atoms with van der Waals surface area (Å²) in [6, 6.07) is 3.64. The monoisotopic (exact) mass is 532 g/mol. The van der Waals surface area contributed by atoms with E-state index in [0.29, 0.717) is 18.5 Å². The molecule has 0 fully saturated rings. The molecule has 0 saturated heterocycles. The number of alkyl carbamates (subject to hydrolysis) is 1. The number of ether oxygens (including phenoxy) is 1. The summed E-state index contributed by atoms with van der Waals surface area (Å²) in [6.07, 6.45) is 1.32. The topological polar surface area (TPSA) is 131 Å². The van der Waals surface area contributed by atoms with Crippen LogP contribution in [-0.2, 0) is 19.1 Å². The Morgan fingerprint density at radius 3 is 2.16 bits per heavy atom. The lowest BCUT2D eigenvalue weighted by atomic mass is 9.90. The highest BCUT2D eigenvalue weighted by Crippen LogP contribution is 2.33. The van der Waals surface area contributed by atoms with Crippen LogP contribution in [0.3, 0.4) is 0 Å². The van der Waals surface area contributed by atoms with Gasteiger partial charge in [-0.25, -0.2) is 4.79 Å². The van der Waals surface area contributed by atoms with Crippen molar-refractivity contribution in [1.82, 2.24) is 15.5 Å². The molecular formula is C29H48N4O5. The van der Waals surface area contributed by atoms with E-state index in [2.05, 4.69) is 10.6 Å². The summed E-state index contributed by atoms with van der Waals surface area (Å²) in [7, 11) is 0. The van der Waals surface area contributed by atoms with Gasteiger partial charge in [0.2, 0.25) is 17.7 Å². The van der Waals surface area contributed by atoms with Crippen LogP contribution in [0.1, 0.15) is 103 Å². The molecule has 0 aliphatic rings. The second kappa shape index (κ2) is 14.2. The molecule has 1 rings (SSSR count). The van der Waals surface area contributed by atoms with Crippen molar-refractivity contribution in [3.05, 3.63) is 34.9 Å². The Bertz CT molecular complexity index is 984. The van der Waals surface area contributed by atoms with Gasteiger partial charge in [-0.1, -0.05) is 38.5 Å². The number of aryl methyl sites for hydroxylation is 2. The van der Waals surface area contributed by atoms with E-state index < -0.39 is 41.1 Å². The normalized spacial score (nSPS) is 13.3. The first-order valence-electron chi connectivity index (χ1n) is 13.5. The van der Waals surface area contributed by atoms with Gasteiger partial charge in [-0.15, -0.1) is 0 Å². The average molecular weight is 533 g/mol. The average Bonchev–Trinajstić information content (AvgIpc) is 2.80. The van der Waals surface area contributed by atoms with E-state index in [9.17, 15) is 19.2 Å². The molecule has 0 aliphatic carbocycles. The maximum Gasteiger partial charge on any atom is 0.408 e. The van der Waals surface area contributed by atoms with Gasteiger partial charge in [0.05, 0.1) is 0 Å². The SMILES string of the molecule is CCCCNC(=O)C(c1ccc(C)c(C)c1)N(C(=O)C(CCC(N)=O)NC(=O)OC(C)(C)C)C(C)(C)CC. The lowest BCUT2D eigenvalue weighted by molar-refractivity contribution is -0.149. The number of nitrogens with zero attached hydrogens (tertiary/aromatic N) is 1. The third-order valence-corrected chi connectivity index (χ3v) is 6.61. The van der Waals surface area contributed by atoms with Crippen LogP contribution in [0.2, 0.25) is 0 Å². The highest BCUT2D eigenvalue weighted by Gasteiger charge is 2.43. The number of carbonyl (C=O) groups excluding carboxylic acids is 4. The molecule has 4 amide bonds. The van der Waals surface area contributed by atoms with Gasteiger partial charge in [-0.2, -0.15) is 0 Å². The first kappa shape index (κ1) is 32.9. The fraction of sp³-hybridized carbons (Fsp3) is 0.655. The molecule has 1 aromatic carbocycles. The van der Waals surface area contributed by atoms with Gasteiger partial charge in [0.15, 0.2) is 0 Å². The van der Waals surface area contributed by atoms with Crippen molar-refractivity contribution in [2.75, 3.05) is 6.54 Å². The minimum Gasteiger partial charge on any atom is -0.444 e. The van der Waals surface area contributed by atoms with E-state index in [1.807, 2.05) is 59.7 Å². The number of nitrogens with two attached hydrogens (primary N) is 1. The predicted octanol–water partition coefficient (Wildman–Crippen LogP) is 4.44. The Hall–Kier alpha value is -3.10. The molecule has 9 heteroatoms. The fourth-order valence-corrected chi connectivity index (χ4v) is 3.94. The molecule has 2 atom stereocenters. The molecule has 9 nitrogen and oxygen atoms in total. The minimum atomic E-state index is -1.12. The number of unbranched alkanes of at least 4 members (excludes halogenated alkanes) is 1. The van der Waals surface area contributed by atoms with Crippen LogP contribution in [0.25, 0.3) is 0 Å². The molecule has 0 aliphatic heterocycles. The summed E-state index contributed by atoms with van der Waals surface area (Å²) in [6.45, 7) is 17.3. The van der Waals surface area contributed by atoms with Crippen molar-refractivity contribution in [2.45, 2.75) is 118 Å². The molecule has 0 radical (unpaired) electrons. The van der Waals surface area contributed by atoms with Crippen molar-refractivity contribution < 1.29 is 23.9 Å². The number of hydrogen-bond acceptors (Lipinski definition) is 5. The summed E-state index contributed by atoms with van der Waals surface area (Å²) < 4.78 is 5.39. The van der Waals surface area contributed by atoms with Gasteiger partial charge in [0.25, 0.3) is 0 Å². The van der Waals surface area contributed by atoms with E-state index in [0.717, 1.165) is 24.0 Å². The summed E-state index contributed by atoms with van der Waals surface area (Å²) >= 11 is 0. The van der Waals surface area contributed by atoms with Crippen molar-refractivity contribution in [3.63, 3.8) is 0 Å². The van der Waals surface area contributed by atoms with Gasteiger partial charge in [-0.05, 0) is 84.4 Å². The predicted molar refractivity (Wildman–Crippen MR) is 149 cm³/mol. The van der Waals surface area contributed by atoms with Crippen LogP contribution < -0.4 is 16.4 Å². The van der Waals surface area contributed by atoms with Gasteiger partial charge >= 0.3 is 6.09 Å². The van der Waals surface area contributed by atoms with E-state index >= 15 is 0 Å². The van der Waals surface area contributed by atoms with E-state index in [1.54, 1.807) is 25.7 Å². The van der Waals surface area contributed by atoms with Crippen molar-refractivity contribution in [1.29, 1.82) is 0 Å². The molecule has 0 heterocycles. The highest BCUT2D eigenvalue weighted by molar-refractivity contribution is 5.93. The van der Waals surface area contributed by atoms with E-state index in [-0.39, 0.29) is 18.7 Å². The molecule has 4 N–H and O–H groups in total. The molecule has 0 bridgehead atoms. The van der Waals surface area contributed by atoms with Gasteiger partial charge in [0, 0.05) is 18.5 Å². The summed E-state index contributed by atoms with van der Waals surface area (Å²) in [4.78, 5) is 53.9. The Morgan fingerprint density at radius 2 is 1.66 bits per heavy atom. The Kier molecular flexibility index (Phi) is 12.3. The van der Waals surface area contributed by atoms with Crippen LogP contribution in [0.4, 0.5) is 4.79 Å². The first-order chi connectivity index (χ1) is 17.5. The van der Waals surface area contributed by atoms with E-state index in [4.69, 9.17) is 10.5 Å². The number of benzene rings is 1. The maximum atomic E-state index is 14.3. The molecule has 2 unspecified atom stereocenters. The summed E-state index contributed by atoms with van der Waals surface area (Å²) in [5.74, 6) is -1.39. The number of primary amides is 1. The number of nitrogens with one attached hydrogen (secondary N) is 2. The Morgan fingerprint density at radius 1 is 1.03 bits per heavy atom. The lowest BCUT2D eigenvalue weighted by Gasteiger charge is -2.44. The second-order valence-electron chi connectivity index (χ2n) is 11.5. The highest BCUT2D eigenvalue weighted by atomic mass is 16.6. The zero-order chi connectivity index (χ0) is 29.3. The summed E-state index contributed by atoms with van der Waals surface area (Å²) in [5.41, 5.74) is 6.56. The molecule has 0 aromatic heterocycles. The number of hydrogen-bond donors (Lipinski definition) is 3. The first-order valence-corrected chi connectivity index (χ1v) is 13.5. The molecule has 38 heavy (non-hydrogen) atoms. The molecule has 0 saturated carbocycles. The number of carbonyl (C=O) groups is 4. The largest absolute Gasteiger partial charge is 0.444 e. The van der Waals surface area contributed by atoms with Crippen LogP contribution in [0, 0.1) is 13.8 Å². The molecule has 214 valence electrons. The molecule has 0 spiro atoms. The zero-order valence-electron chi connectivity index (χ0n) is 24.7. The van der Waals surface area contributed by atoms with Gasteiger partial charge in [0.1, 0.15) is 17.7 Å². The van der Waals surface area contributed by atoms with Gasteiger partial charge < -0.3 is 26.0 Å². The number of amides is 4. The van der Waals surface area contributed by atoms with Crippen molar-refractivity contribution in [2.24, 2.45) is 5.73 Å². The Balaban J connectivity index is 3.66. The standard InChI is InChI=1S/C29H48N4O5/c1-10-12-17-31-25(35)24(21-14-13-19(3)20(4)18-21)33(29(8,9)11-2)26(36)22(15-16-23(30)34)32-27(37)38-28(5,6)7/h13-14,18,22,24H,10-12,15-17H2,1-9H3,(H2,30,34)(H,31,35)(H,32,37). The number of rotatable bonds is 13. The second-order valence-corrected chi connectivity index (χ2v) is 11.5. The third-order valence-electron chi connectivity index (χ3n) is 6.61. The Labute approximate surface area is 228 Å². The zero-order valence-corrected chi connectivity index (χ0v) is 24.7. The van der Waals surface area contributed by atoms with Crippen LogP contribution in [0.15, 0.2) is 18.2 Å². The van der Waals surface area contributed by atoms with Crippen molar-refractivity contribution >= 4 is 23.8 Å². The molecule has 1 aromatic rings. The third kappa shape index (κ3) is 9.99. The quantitative estimate of drug-likeness (QED) is 0.323. The lowest BCUT2D eigenvalue weighted by Crippen LogP contribution is -2.59. The summed E-state index contributed by atoms with van der Waals surface area (Å²) in [5, 5.41) is 5.62. The van der Waals surface area contributed by atoms with E-state index in [1.165, 1.54) is 0 Å². The van der Waals surface area contributed by atoms with Crippen LogP contribution in [0.5, 0.6) is 0 Å².